The van der Waals surface area contributed by atoms with Crippen LogP contribution in [0.2, 0.25) is 0 Å². The van der Waals surface area contributed by atoms with Crippen LogP contribution < -0.4 is 14.4 Å². The zero-order valence-electron chi connectivity index (χ0n) is 25.6. The van der Waals surface area contributed by atoms with Gasteiger partial charge < -0.3 is 15.0 Å². The molecule has 0 unspecified atom stereocenters. The molecular formula is C34H43N3O5S. The van der Waals surface area contributed by atoms with Gasteiger partial charge >= 0.3 is 0 Å². The van der Waals surface area contributed by atoms with E-state index in [-0.39, 0.29) is 23.4 Å². The van der Waals surface area contributed by atoms with Crippen molar-refractivity contribution in [3.05, 3.63) is 89.5 Å². The van der Waals surface area contributed by atoms with Gasteiger partial charge in [0.2, 0.25) is 11.8 Å². The molecule has 0 spiro atoms. The Morgan fingerprint density at radius 2 is 1.67 bits per heavy atom. The number of benzene rings is 3. The summed E-state index contributed by atoms with van der Waals surface area (Å²) in [6.07, 6.45) is 4.93. The first kappa shape index (κ1) is 32.1. The van der Waals surface area contributed by atoms with Gasteiger partial charge in [-0.15, -0.1) is 0 Å². The molecule has 0 radical (unpaired) electrons. The first-order chi connectivity index (χ1) is 20.7. The number of carbonyl (C=O) groups is 2. The fraction of sp³-hybridized carbons (Fsp3) is 0.412. The summed E-state index contributed by atoms with van der Waals surface area (Å²) in [4.78, 5) is 29.6. The van der Waals surface area contributed by atoms with Crippen LogP contribution in [0.5, 0.6) is 5.75 Å². The van der Waals surface area contributed by atoms with E-state index >= 15 is 0 Å². The van der Waals surface area contributed by atoms with Crippen LogP contribution in [0.4, 0.5) is 5.69 Å². The molecule has 0 aromatic heterocycles. The van der Waals surface area contributed by atoms with Gasteiger partial charge in [0, 0.05) is 12.6 Å². The lowest BCUT2D eigenvalue weighted by atomic mass is 10.1. The Balaban J connectivity index is 1.75. The second-order valence-electron chi connectivity index (χ2n) is 11.1. The van der Waals surface area contributed by atoms with Gasteiger partial charge in [-0.2, -0.15) is 0 Å². The van der Waals surface area contributed by atoms with Crippen molar-refractivity contribution in [2.45, 2.75) is 82.8 Å². The summed E-state index contributed by atoms with van der Waals surface area (Å²) in [5.41, 5.74) is 2.96. The Bertz CT molecular complexity index is 1500. The molecule has 1 atom stereocenters. The highest BCUT2D eigenvalue weighted by molar-refractivity contribution is 7.92. The third-order valence-electron chi connectivity index (χ3n) is 8.10. The van der Waals surface area contributed by atoms with Gasteiger partial charge in [0.25, 0.3) is 10.0 Å². The van der Waals surface area contributed by atoms with Crippen molar-refractivity contribution in [2.24, 2.45) is 0 Å². The number of anilines is 1. The minimum atomic E-state index is -4.12. The summed E-state index contributed by atoms with van der Waals surface area (Å²) < 4.78 is 34.9. The first-order valence-electron chi connectivity index (χ1n) is 15.1. The van der Waals surface area contributed by atoms with Crippen LogP contribution in [0.25, 0.3) is 0 Å². The number of sulfonamides is 1. The average Bonchev–Trinajstić information content (AvgIpc) is 3.53. The van der Waals surface area contributed by atoms with Crippen molar-refractivity contribution >= 4 is 27.5 Å². The molecule has 1 saturated carbocycles. The third kappa shape index (κ3) is 7.76. The Kier molecular flexibility index (Phi) is 10.9. The molecule has 0 saturated heterocycles. The lowest BCUT2D eigenvalue weighted by molar-refractivity contribution is -0.140. The maximum absolute atomic E-state index is 14.4. The summed E-state index contributed by atoms with van der Waals surface area (Å²) >= 11 is 0. The largest absolute Gasteiger partial charge is 0.497 e. The van der Waals surface area contributed by atoms with E-state index < -0.39 is 28.5 Å². The smallest absolute Gasteiger partial charge is 0.264 e. The monoisotopic (exact) mass is 605 g/mol. The zero-order valence-corrected chi connectivity index (χ0v) is 26.4. The van der Waals surface area contributed by atoms with E-state index in [0.717, 1.165) is 42.4 Å². The molecule has 43 heavy (non-hydrogen) atoms. The van der Waals surface area contributed by atoms with Crippen molar-refractivity contribution in [3.8, 4) is 5.75 Å². The summed E-state index contributed by atoms with van der Waals surface area (Å²) in [5.74, 6) is -0.0424. The van der Waals surface area contributed by atoms with Crippen LogP contribution in [-0.4, -0.2) is 50.9 Å². The van der Waals surface area contributed by atoms with Crippen molar-refractivity contribution in [1.82, 2.24) is 10.2 Å². The molecule has 1 fully saturated rings. The Hall–Kier alpha value is -3.85. The topological polar surface area (TPSA) is 96.0 Å². The maximum atomic E-state index is 14.4. The summed E-state index contributed by atoms with van der Waals surface area (Å²) in [6, 6.07) is 20.5. The highest BCUT2D eigenvalue weighted by Gasteiger charge is 2.35. The van der Waals surface area contributed by atoms with E-state index in [2.05, 4.69) is 5.32 Å². The Morgan fingerprint density at radius 3 is 2.33 bits per heavy atom. The average molecular weight is 606 g/mol. The van der Waals surface area contributed by atoms with Gasteiger partial charge in [0.15, 0.2) is 0 Å². The molecule has 3 aromatic rings. The minimum absolute atomic E-state index is 0.0881. The SMILES string of the molecule is CCc1ccccc1N(CC(=O)N(Cc1cccc(OC)c1)[C@@H](CC)C(=O)NC1CCCC1)S(=O)(=O)c1ccc(C)cc1. The number of nitrogens with one attached hydrogen (secondary N) is 1. The molecule has 0 bridgehead atoms. The number of methoxy groups -OCH3 is 1. The van der Waals surface area contributed by atoms with Crippen molar-refractivity contribution in [3.63, 3.8) is 0 Å². The second kappa shape index (κ2) is 14.6. The van der Waals surface area contributed by atoms with Gasteiger partial charge in [-0.3, -0.25) is 13.9 Å². The number of hydrogen-bond donors (Lipinski definition) is 1. The van der Waals surface area contributed by atoms with E-state index in [0.29, 0.717) is 24.3 Å². The molecule has 1 aliphatic rings. The Labute approximate surface area is 256 Å². The fourth-order valence-electron chi connectivity index (χ4n) is 5.66. The number of hydrogen-bond acceptors (Lipinski definition) is 5. The molecule has 0 heterocycles. The molecule has 8 nitrogen and oxygen atoms in total. The number of aryl methyl sites for hydroxylation is 2. The van der Waals surface area contributed by atoms with E-state index in [1.807, 2.05) is 57.2 Å². The quantitative estimate of drug-likeness (QED) is 0.273. The first-order valence-corrected chi connectivity index (χ1v) is 16.5. The van der Waals surface area contributed by atoms with E-state index in [1.165, 1.54) is 9.21 Å². The molecule has 1 N–H and O–H groups in total. The molecule has 230 valence electrons. The maximum Gasteiger partial charge on any atom is 0.264 e. The highest BCUT2D eigenvalue weighted by atomic mass is 32.2. The number of rotatable bonds is 13. The number of ether oxygens (including phenoxy) is 1. The van der Waals surface area contributed by atoms with Gasteiger partial charge in [0.05, 0.1) is 17.7 Å². The number of para-hydroxylation sites is 1. The van der Waals surface area contributed by atoms with Crippen molar-refractivity contribution < 1.29 is 22.7 Å². The van der Waals surface area contributed by atoms with Gasteiger partial charge in [-0.05, 0) is 74.1 Å². The van der Waals surface area contributed by atoms with Gasteiger partial charge in [-0.25, -0.2) is 8.42 Å². The standard InChI is InChI=1S/C34H43N3O5S/c1-5-27-13-7-10-17-32(27)37(43(40,41)30-20-18-25(3)19-21-30)24-33(38)36(23-26-12-11-16-29(22-26)42-4)31(6-2)34(39)35-28-14-8-9-15-28/h7,10-13,16-22,28,31H,5-6,8-9,14-15,23-24H2,1-4H3,(H,35,39)/t31-/m0/s1. The van der Waals surface area contributed by atoms with Crippen molar-refractivity contribution in [2.75, 3.05) is 18.0 Å². The molecule has 3 aromatic carbocycles. The van der Waals surface area contributed by atoms with Crippen LogP contribution in [0, 0.1) is 6.92 Å². The lowest BCUT2D eigenvalue weighted by Gasteiger charge is -2.34. The second-order valence-corrected chi connectivity index (χ2v) is 13.0. The zero-order chi connectivity index (χ0) is 31.0. The molecule has 9 heteroatoms. The predicted molar refractivity (Wildman–Crippen MR) is 170 cm³/mol. The van der Waals surface area contributed by atoms with E-state index in [4.69, 9.17) is 4.74 Å². The van der Waals surface area contributed by atoms with Gasteiger partial charge in [0.1, 0.15) is 18.3 Å². The van der Waals surface area contributed by atoms with Crippen LogP contribution in [0.1, 0.15) is 62.6 Å². The van der Waals surface area contributed by atoms with Crippen LogP contribution >= 0.6 is 0 Å². The third-order valence-corrected chi connectivity index (χ3v) is 9.88. The molecular weight excluding hydrogens is 562 g/mol. The number of amides is 2. The summed E-state index contributed by atoms with van der Waals surface area (Å²) in [7, 11) is -2.55. The lowest BCUT2D eigenvalue weighted by Crippen LogP contribution is -2.53. The van der Waals surface area contributed by atoms with Gasteiger partial charge in [-0.1, -0.05) is 74.7 Å². The van der Waals surface area contributed by atoms with Crippen LogP contribution in [0.15, 0.2) is 77.7 Å². The minimum Gasteiger partial charge on any atom is -0.497 e. The normalized spacial score (nSPS) is 14.2. The molecule has 0 aliphatic heterocycles. The number of nitrogens with zero attached hydrogens (tertiary/aromatic N) is 2. The van der Waals surface area contributed by atoms with E-state index in [1.54, 1.807) is 43.5 Å². The highest BCUT2D eigenvalue weighted by Crippen LogP contribution is 2.29. The summed E-state index contributed by atoms with van der Waals surface area (Å²) in [6.45, 7) is 5.39. The Morgan fingerprint density at radius 1 is 0.977 bits per heavy atom. The predicted octanol–water partition coefficient (Wildman–Crippen LogP) is 5.63. The molecule has 2 amide bonds. The van der Waals surface area contributed by atoms with E-state index in [9.17, 15) is 18.0 Å². The molecule has 4 rings (SSSR count). The van der Waals surface area contributed by atoms with Crippen LogP contribution in [-0.2, 0) is 32.6 Å². The fourth-order valence-corrected chi connectivity index (χ4v) is 7.11. The number of carbonyl (C=O) groups excluding carboxylic acids is 2. The van der Waals surface area contributed by atoms with Crippen LogP contribution in [0.3, 0.4) is 0 Å². The van der Waals surface area contributed by atoms with Crippen molar-refractivity contribution in [1.29, 1.82) is 0 Å². The summed E-state index contributed by atoms with van der Waals surface area (Å²) in [5, 5.41) is 3.15. The molecule has 1 aliphatic carbocycles.